The second-order valence-corrected chi connectivity index (χ2v) is 14.7. The number of rotatable bonds is 10. The largest absolute Gasteiger partial charge is 0.424 e. The van der Waals surface area contributed by atoms with Crippen molar-refractivity contribution in [3.8, 4) is 5.75 Å². The summed E-state index contributed by atoms with van der Waals surface area (Å²) in [5.41, 5.74) is 2.23. The Morgan fingerprint density at radius 3 is 2.09 bits per heavy atom. The number of fused-ring (bicyclic) bond motifs is 1. The minimum absolute atomic E-state index is 0.129. The first kappa shape index (κ1) is 32.5. The normalized spacial score (nSPS) is 23.2. The van der Waals surface area contributed by atoms with Crippen LogP contribution in [0.4, 0.5) is 8.78 Å². The minimum Gasteiger partial charge on any atom is -0.424 e. The molecule has 0 radical (unpaired) electrons. The number of benzene rings is 3. The van der Waals surface area contributed by atoms with E-state index in [9.17, 15) is 22.0 Å². The minimum atomic E-state index is -5.72. The molecule has 0 bridgehead atoms. The van der Waals surface area contributed by atoms with Crippen LogP contribution in [0.5, 0.6) is 5.75 Å². The summed E-state index contributed by atoms with van der Waals surface area (Å²) >= 11 is 0. The predicted octanol–water partition coefficient (Wildman–Crippen LogP) is 6.33. The monoisotopic (exact) mass is 649 g/mol. The lowest BCUT2D eigenvalue weighted by atomic mass is 10.1. The van der Waals surface area contributed by atoms with Crippen molar-refractivity contribution in [1.82, 2.24) is 0 Å². The average Bonchev–Trinajstić information content (AvgIpc) is 3.53. The first-order valence-electron chi connectivity index (χ1n) is 14.2. The van der Waals surface area contributed by atoms with Gasteiger partial charge in [0.15, 0.2) is 20.5 Å². The topological polar surface area (TPSA) is 108 Å². The first-order valence-corrected chi connectivity index (χ1v) is 16.9. The van der Waals surface area contributed by atoms with Gasteiger partial charge in [-0.25, -0.2) is 4.79 Å². The van der Waals surface area contributed by atoms with Crippen molar-refractivity contribution in [3.63, 3.8) is 0 Å². The van der Waals surface area contributed by atoms with Gasteiger partial charge in [0.25, 0.3) is 0 Å². The van der Waals surface area contributed by atoms with E-state index in [-0.39, 0.29) is 18.0 Å². The standard InChI is InChI=1S/C32H34F2O8S2/c1-20-17-26(18-21(2)30(20)40-29(35)19-39-22(3)32(33,34)44(36,37)38)43(24-9-6-5-7-10-24)25-15-13-23(14-16-25)31(4)41-27-11-8-12-28(27)42-31/h5-7,9-10,13-18,22,27-28H,8,11-12,19H2,1-4H3/p+1. The van der Waals surface area contributed by atoms with Crippen LogP contribution in [0.25, 0.3) is 0 Å². The maximum absolute atomic E-state index is 13.8. The summed E-state index contributed by atoms with van der Waals surface area (Å²) in [5, 5.41) is -4.58. The first-order chi connectivity index (χ1) is 20.7. The molecule has 44 heavy (non-hydrogen) atoms. The third kappa shape index (κ3) is 6.56. The molecule has 0 spiro atoms. The van der Waals surface area contributed by atoms with Crippen molar-refractivity contribution >= 4 is 27.0 Å². The highest BCUT2D eigenvalue weighted by atomic mass is 32.2. The number of carbonyl (C=O) groups is 1. The Morgan fingerprint density at radius 2 is 1.55 bits per heavy atom. The molecule has 2 fully saturated rings. The summed E-state index contributed by atoms with van der Waals surface area (Å²) in [6.45, 7) is 5.31. The zero-order chi connectivity index (χ0) is 31.9. The van der Waals surface area contributed by atoms with Crippen molar-refractivity contribution in [3.05, 3.63) is 83.4 Å². The summed E-state index contributed by atoms with van der Waals surface area (Å²) in [6, 6.07) is 22.1. The molecule has 1 aliphatic carbocycles. The lowest BCUT2D eigenvalue weighted by molar-refractivity contribution is -0.174. The fourth-order valence-electron chi connectivity index (χ4n) is 5.59. The van der Waals surface area contributed by atoms with Crippen LogP contribution in [0.2, 0.25) is 0 Å². The lowest BCUT2D eigenvalue weighted by Crippen LogP contribution is -2.42. The number of halogens is 2. The molecule has 1 aliphatic heterocycles. The Hall–Kier alpha value is -2.87. The van der Waals surface area contributed by atoms with Gasteiger partial charge in [0.05, 0.1) is 23.1 Å². The zero-order valence-corrected chi connectivity index (χ0v) is 26.4. The molecule has 4 unspecified atom stereocenters. The highest BCUT2D eigenvalue weighted by Crippen LogP contribution is 2.44. The highest BCUT2D eigenvalue weighted by molar-refractivity contribution is 7.97. The molecule has 0 aromatic heterocycles. The van der Waals surface area contributed by atoms with Crippen molar-refractivity contribution in [2.75, 3.05) is 6.61 Å². The number of carbonyl (C=O) groups excluding carboxylic acids is 1. The highest BCUT2D eigenvalue weighted by Gasteiger charge is 2.51. The molecule has 5 rings (SSSR count). The Balaban J connectivity index is 1.37. The fourth-order valence-corrected chi connectivity index (χ4v) is 8.33. The summed E-state index contributed by atoms with van der Waals surface area (Å²) in [6.07, 6.45) is 1.12. The van der Waals surface area contributed by atoms with Gasteiger partial charge in [0.2, 0.25) is 0 Å². The summed E-state index contributed by atoms with van der Waals surface area (Å²) in [7, 11) is -6.24. The Kier molecular flexibility index (Phi) is 9.23. The van der Waals surface area contributed by atoms with Crippen molar-refractivity contribution in [2.45, 2.75) is 91.0 Å². The van der Waals surface area contributed by atoms with Crippen molar-refractivity contribution < 1.29 is 45.5 Å². The van der Waals surface area contributed by atoms with Gasteiger partial charge in [0, 0.05) is 17.7 Å². The van der Waals surface area contributed by atoms with Crippen LogP contribution in [0.3, 0.4) is 0 Å². The SMILES string of the molecule is Cc1cc([S+](c2ccccc2)c2ccc(C3(C)OC4CCCC4O3)cc2)cc(C)c1OC(=O)COC(C)C(F)(F)S(=O)(=O)O. The average molecular weight is 650 g/mol. The second-order valence-electron chi connectivity index (χ2n) is 11.2. The van der Waals surface area contributed by atoms with E-state index >= 15 is 0 Å². The van der Waals surface area contributed by atoms with Gasteiger partial charge in [-0.05, 0) is 94.5 Å². The quantitative estimate of drug-likeness (QED) is 0.118. The molecule has 1 heterocycles. The maximum Gasteiger partial charge on any atom is 0.394 e. The second kappa shape index (κ2) is 12.5. The molecule has 1 N–H and O–H groups in total. The smallest absolute Gasteiger partial charge is 0.394 e. The van der Waals surface area contributed by atoms with Crippen LogP contribution in [-0.2, 0) is 45.8 Å². The van der Waals surface area contributed by atoms with Crippen LogP contribution in [-0.4, -0.2) is 49.1 Å². The van der Waals surface area contributed by atoms with Crippen LogP contribution in [0.15, 0.2) is 81.4 Å². The molecule has 4 atom stereocenters. The van der Waals surface area contributed by atoms with E-state index in [2.05, 4.69) is 24.3 Å². The number of alkyl halides is 2. The molecule has 3 aromatic rings. The number of hydrogen-bond donors (Lipinski definition) is 1. The predicted molar refractivity (Wildman–Crippen MR) is 159 cm³/mol. The third-order valence-corrected chi connectivity index (χ3v) is 11.1. The van der Waals surface area contributed by atoms with Crippen molar-refractivity contribution in [1.29, 1.82) is 0 Å². The maximum atomic E-state index is 13.8. The molecule has 1 saturated carbocycles. The van der Waals surface area contributed by atoms with Crippen LogP contribution < -0.4 is 4.74 Å². The molecule has 1 saturated heterocycles. The number of esters is 1. The Bertz CT molecular complexity index is 1580. The van der Waals surface area contributed by atoms with Gasteiger partial charge in [-0.1, -0.05) is 18.2 Å². The van der Waals surface area contributed by atoms with E-state index in [1.807, 2.05) is 49.4 Å². The van der Waals surface area contributed by atoms with Crippen molar-refractivity contribution in [2.24, 2.45) is 0 Å². The van der Waals surface area contributed by atoms with E-state index < -0.39 is 50.7 Å². The molecule has 0 amide bonds. The van der Waals surface area contributed by atoms with E-state index in [1.54, 1.807) is 13.8 Å². The van der Waals surface area contributed by atoms with Gasteiger partial charge < -0.3 is 18.9 Å². The van der Waals surface area contributed by atoms with Gasteiger partial charge in [-0.15, -0.1) is 0 Å². The lowest BCUT2D eigenvalue weighted by Gasteiger charge is -2.25. The van der Waals surface area contributed by atoms with E-state index in [4.69, 9.17) is 23.5 Å². The Morgan fingerprint density at radius 1 is 1.00 bits per heavy atom. The number of hydrogen-bond acceptors (Lipinski definition) is 7. The van der Waals surface area contributed by atoms with Gasteiger partial charge in [-0.3, -0.25) is 4.55 Å². The zero-order valence-electron chi connectivity index (χ0n) is 24.8. The van der Waals surface area contributed by atoms with E-state index in [0.717, 1.165) is 46.4 Å². The number of ether oxygens (including phenoxy) is 4. The summed E-state index contributed by atoms with van der Waals surface area (Å²) in [4.78, 5) is 15.6. The Labute approximate surface area is 258 Å². The molecule has 12 heteroatoms. The van der Waals surface area contributed by atoms with Gasteiger partial charge >= 0.3 is 21.3 Å². The van der Waals surface area contributed by atoms with Gasteiger partial charge in [-0.2, -0.15) is 17.2 Å². The third-order valence-electron chi connectivity index (χ3n) is 7.89. The van der Waals surface area contributed by atoms with E-state index in [0.29, 0.717) is 11.1 Å². The molecule has 236 valence electrons. The summed E-state index contributed by atoms with van der Waals surface area (Å²) in [5.74, 6) is -1.53. The molecular weight excluding hydrogens is 614 g/mol. The van der Waals surface area contributed by atoms with Crippen LogP contribution >= 0.6 is 0 Å². The van der Waals surface area contributed by atoms with Crippen LogP contribution in [0.1, 0.15) is 49.8 Å². The molecular formula is C32H35F2O8S2+. The molecule has 8 nitrogen and oxygen atoms in total. The number of aryl methyl sites for hydroxylation is 2. The summed E-state index contributed by atoms with van der Waals surface area (Å²) < 4.78 is 81.0. The van der Waals surface area contributed by atoms with Gasteiger partial charge in [0.1, 0.15) is 18.5 Å². The molecule has 3 aromatic carbocycles. The van der Waals surface area contributed by atoms with E-state index in [1.165, 1.54) is 0 Å². The molecule has 2 aliphatic rings. The van der Waals surface area contributed by atoms with Crippen LogP contribution in [0, 0.1) is 13.8 Å². The fraction of sp³-hybridized carbons (Fsp3) is 0.406.